The number of hydrogen-bond donors (Lipinski definition) is 5. The van der Waals surface area contributed by atoms with Crippen molar-refractivity contribution in [3.63, 3.8) is 0 Å². The van der Waals surface area contributed by atoms with Gasteiger partial charge in [0.1, 0.15) is 5.54 Å². The number of piperidine rings is 2. The largest absolute Gasteiger partial charge is 0.369 e. The van der Waals surface area contributed by atoms with Crippen LogP contribution in [0.2, 0.25) is 0 Å². The molecule has 8 heterocycles. The van der Waals surface area contributed by atoms with Crippen LogP contribution in [0.25, 0.3) is 22.0 Å². The Morgan fingerprint density at radius 3 is 1.46 bits per heavy atom. The third-order valence-corrected chi connectivity index (χ3v) is 32.3. The normalized spacial score (nSPS) is 20.7. The van der Waals surface area contributed by atoms with Crippen molar-refractivity contribution >= 4 is 105 Å². The first-order valence-corrected chi connectivity index (χ1v) is 49.9. The average Bonchev–Trinajstić information content (AvgIpc) is 1.73. The molecule has 10 aromatic carbocycles. The SMILES string of the molecule is CC(C)n1cc2cc([C@H]3C(=O)N(C)C(N)=N[C@]3(C)c3cc(-c4cccc(C#N)c4)cs3)ccc2n1.CN1C(=O)C(c2ccccc2)(c2cccc(NS(=O)(=O)c3cccc(C#N)c3)c2)N=C1N.NC1=NC(c2ccccc2)(c2ccccc2)C(=O)N1C[C@H]1CCCN(S(=O)(=O)C2CC2)C1.NC1=NC(c2ccccc2)(c2ccccc2)C(=O)N1C[C@H]1CCCN(S(=O)(=O)Cc2ccccc2)C1. The van der Waals surface area contributed by atoms with Crippen molar-refractivity contribution in [2.75, 3.05) is 58.1 Å². The van der Waals surface area contributed by atoms with Crippen molar-refractivity contribution in [3.05, 3.63) is 351 Å². The predicted molar refractivity (Wildman–Crippen MR) is 523 cm³/mol. The highest BCUT2D eigenvalue weighted by molar-refractivity contribution is 7.92. The highest BCUT2D eigenvalue weighted by Crippen LogP contribution is 2.49. The Morgan fingerprint density at radius 2 is 0.956 bits per heavy atom. The maximum Gasteiger partial charge on any atom is 0.266 e. The molecule has 2 aromatic heterocycles. The minimum absolute atomic E-state index is 0.0253. The Labute approximate surface area is 789 Å². The number of nitriles is 2. The second-order valence-electron chi connectivity index (χ2n) is 35.0. The number of likely N-dealkylation sites (N-methyl/N-ethyl adjacent to an activating group) is 2. The van der Waals surface area contributed by atoms with Gasteiger partial charge >= 0.3 is 0 Å². The zero-order valence-corrected chi connectivity index (χ0v) is 78.3. The van der Waals surface area contributed by atoms with Gasteiger partial charge in [0.15, 0.2) is 40.5 Å². The number of nitrogens with two attached hydrogens (primary N) is 4. The minimum Gasteiger partial charge on any atom is -0.369 e. The molecule has 5 atom stereocenters. The van der Waals surface area contributed by atoms with Gasteiger partial charge in [0, 0.05) is 81.6 Å². The standard InChI is InChI=1S/C28H30N4O3S.C27H26N6OS.C24H28N4O3S.C23H19N5O3S/c29-27-30-28(24-14-6-2-7-15-24,25-16-8-3-9-17-25)26(33)32(27)20-23-13-10-18-31(19-23)36(34,35)21-22-11-4-1-5-12-22;1-16(2)33-14-20-11-19(8-9-22(20)31-33)24-25(34)32(4)26(29)30-27(24,3)23-12-21(15-35-23)18-7-5-6-17(10-18)13-28;25-23-26-24(19-9-3-1-4-10-19,20-11-5-2-6-12-20)22(29)28(23)17-18-8-7-15-27(16-18)32(30,31)21-13-14-21;1-28-21(29)23(26-22(28)25,17-8-3-2-4-9-17)18-10-6-11-19(14-18)27-32(30,31)20-12-5-7-16(13-20)15-24/h1-9,11-12,14-17,23H,10,13,18-21H2,(H2,29,30);5-12,14-16,24H,1-4H3,(H2,29,30);1-6,9-12,18,21H,7-8,13-17H2,(H2,25,26);2-14,27H,1H3,(H2,25,26)/t23-;24-,27+;18-;/m000./s1. The molecule has 0 radical (unpaired) electrons. The van der Waals surface area contributed by atoms with E-state index in [9.17, 15) is 49.7 Å². The molecular weight excluding hydrogens is 1780 g/mol. The number of guanidine groups is 4. The van der Waals surface area contributed by atoms with Crippen molar-refractivity contribution in [1.29, 1.82) is 10.5 Å². The molecule has 33 heteroatoms. The fraction of sp³-hybridized carbons (Fsp3) is 0.265. The number of aromatic nitrogens is 2. The van der Waals surface area contributed by atoms with E-state index < -0.39 is 58.1 Å². The maximum absolute atomic E-state index is 14.0. The van der Waals surface area contributed by atoms with Crippen LogP contribution >= 0.6 is 11.3 Å². The monoisotopic (exact) mass is 1880 g/mol. The molecule has 6 aliphatic heterocycles. The first-order chi connectivity index (χ1) is 64.8. The van der Waals surface area contributed by atoms with E-state index in [2.05, 4.69) is 40.8 Å². The maximum atomic E-state index is 14.0. The van der Waals surface area contributed by atoms with E-state index in [-0.39, 0.29) is 92.5 Å². The van der Waals surface area contributed by atoms with Crippen LogP contribution in [0.5, 0.6) is 0 Å². The molecule has 0 bridgehead atoms. The summed E-state index contributed by atoms with van der Waals surface area (Å²) in [4.78, 5) is 80.4. The van der Waals surface area contributed by atoms with Gasteiger partial charge in [-0.05, 0) is 193 Å². The molecule has 7 aliphatic rings. The third-order valence-electron chi connectivity index (χ3n) is 25.6. The molecule has 3 fully saturated rings. The van der Waals surface area contributed by atoms with E-state index in [4.69, 9.17) is 43.2 Å². The summed E-state index contributed by atoms with van der Waals surface area (Å²) in [5.41, 5.74) is 29.8. The van der Waals surface area contributed by atoms with Gasteiger partial charge < -0.3 is 22.9 Å². The van der Waals surface area contributed by atoms with Crippen LogP contribution in [0, 0.1) is 34.5 Å². The molecule has 0 spiro atoms. The summed E-state index contributed by atoms with van der Waals surface area (Å²) >= 11 is 1.55. The van der Waals surface area contributed by atoms with Crippen LogP contribution in [0.1, 0.15) is 132 Å². The Bertz CT molecular complexity index is 6980. The van der Waals surface area contributed by atoms with Crippen molar-refractivity contribution in [3.8, 4) is 23.3 Å². The van der Waals surface area contributed by atoms with Gasteiger partial charge in [0.05, 0.1) is 50.6 Å². The summed E-state index contributed by atoms with van der Waals surface area (Å²) < 4.78 is 85.1. The van der Waals surface area contributed by atoms with Crippen molar-refractivity contribution in [1.82, 2.24) is 38.0 Å². The number of rotatable bonds is 22. The number of amides is 4. The molecule has 12 aromatic rings. The molecule has 690 valence electrons. The topological polar surface area (TPSA) is 421 Å². The van der Waals surface area contributed by atoms with Gasteiger partial charge in [-0.25, -0.2) is 53.8 Å². The van der Waals surface area contributed by atoms with Crippen LogP contribution < -0.4 is 27.7 Å². The van der Waals surface area contributed by atoms with Crippen LogP contribution in [-0.4, -0.2) is 169 Å². The second kappa shape index (κ2) is 38.7. The van der Waals surface area contributed by atoms with E-state index in [1.54, 1.807) is 93.5 Å². The second-order valence-corrected chi connectivity index (χ2v) is 41.7. The van der Waals surface area contributed by atoms with Gasteiger partial charge in [-0.3, -0.25) is 48.2 Å². The number of thiophene rings is 1. The smallest absolute Gasteiger partial charge is 0.266 e. The Morgan fingerprint density at radius 1 is 0.489 bits per heavy atom. The summed E-state index contributed by atoms with van der Waals surface area (Å²) in [6.07, 6.45) is 6.73. The third kappa shape index (κ3) is 18.8. The number of anilines is 1. The van der Waals surface area contributed by atoms with Gasteiger partial charge in [0.25, 0.3) is 27.7 Å². The summed E-state index contributed by atoms with van der Waals surface area (Å²) in [5.74, 6) is -0.817. The first kappa shape index (κ1) is 93.9. The number of nitrogens with one attached hydrogen (secondary N) is 1. The van der Waals surface area contributed by atoms with Crippen molar-refractivity contribution in [2.24, 2.45) is 54.7 Å². The Balaban J connectivity index is 0.000000131. The van der Waals surface area contributed by atoms with Gasteiger partial charge in [-0.2, -0.15) is 15.6 Å². The molecule has 2 saturated heterocycles. The molecule has 4 amide bonds. The highest BCUT2D eigenvalue weighted by atomic mass is 32.2. The van der Waals surface area contributed by atoms with E-state index in [0.29, 0.717) is 56.0 Å². The van der Waals surface area contributed by atoms with E-state index in [0.717, 1.165) is 98.8 Å². The van der Waals surface area contributed by atoms with Crippen LogP contribution in [0.3, 0.4) is 0 Å². The molecule has 1 unspecified atom stereocenters. The average molecular weight is 1880 g/mol. The number of carbonyl (C=O) groups is 4. The summed E-state index contributed by atoms with van der Waals surface area (Å²) in [5, 5.41) is 25.8. The zero-order valence-electron chi connectivity index (χ0n) is 75.1. The number of nitrogens with zero attached hydrogens (tertiary/aromatic N) is 14. The minimum atomic E-state index is -3.96. The fourth-order valence-corrected chi connectivity index (χ4v) is 24.1. The molecule has 135 heavy (non-hydrogen) atoms. The number of aliphatic imine (C=N–C) groups is 4. The van der Waals surface area contributed by atoms with E-state index >= 15 is 0 Å². The molecule has 29 nitrogen and oxygen atoms in total. The Hall–Kier alpha value is -14.3. The fourth-order valence-electron chi connectivity index (χ4n) is 18.4. The molecule has 19 rings (SSSR count). The molecule has 9 N–H and O–H groups in total. The number of sulfonamides is 3. The lowest BCUT2D eigenvalue weighted by Gasteiger charge is -2.40. The zero-order chi connectivity index (χ0) is 95.4. The quantitative estimate of drug-likeness (QED) is 0.0421. The van der Waals surface area contributed by atoms with Gasteiger partial charge in [-0.15, -0.1) is 11.3 Å². The first-order valence-electron chi connectivity index (χ1n) is 44.4. The summed E-state index contributed by atoms with van der Waals surface area (Å²) in [6, 6.07) is 88.1. The van der Waals surface area contributed by atoms with Crippen molar-refractivity contribution in [2.45, 2.75) is 109 Å². The summed E-state index contributed by atoms with van der Waals surface area (Å²) in [6.45, 7) is 8.67. The lowest BCUT2D eigenvalue weighted by atomic mass is 9.77. The molecule has 1 saturated carbocycles. The van der Waals surface area contributed by atoms with E-state index in [1.807, 2.05) is 223 Å². The number of hydrogen-bond acceptors (Lipinski definition) is 22. The number of fused-ring (bicyclic) bond motifs is 1. The van der Waals surface area contributed by atoms with Gasteiger partial charge in [-0.1, -0.05) is 218 Å². The number of carbonyl (C=O) groups excluding carboxylic acids is 4. The molecular formula is C102H103N19O10S4. The molecule has 1 aliphatic carbocycles. The lowest BCUT2D eigenvalue weighted by molar-refractivity contribution is -0.131. The van der Waals surface area contributed by atoms with Gasteiger partial charge in [0.2, 0.25) is 26.0 Å². The van der Waals surface area contributed by atoms with E-state index in [1.165, 1.54) is 39.0 Å². The predicted octanol–water partition coefficient (Wildman–Crippen LogP) is 13.0. The van der Waals surface area contributed by atoms with Crippen LogP contribution in [-0.2, 0) is 77.2 Å². The summed E-state index contributed by atoms with van der Waals surface area (Å²) in [7, 11) is -7.45. The Kier molecular flexibility index (Phi) is 26.9. The van der Waals surface area contributed by atoms with Crippen molar-refractivity contribution < 1.29 is 44.4 Å². The van der Waals surface area contributed by atoms with Crippen LogP contribution in [0.4, 0.5) is 5.69 Å². The lowest BCUT2D eigenvalue weighted by Crippen LogP contribution is -2.52. The number of benzene rings is 10. The van der Waals surface area contributed by atoms with Crippen LogP contribution in [0.15, 0.2) is 315 Å². The highest BCUT2D eigenvalue weighted by Gasteiger charge is 2.55.